The maximum Gasteiger partial charge on any atom is 0.221 e. The van der Waals surface area contributed by atoms with Crippen LogP contribution in [0.3, 0.4) is 0 Å². The largest absolute Gasteiger partial charge is 0.356 e. The third kappa shape index (κ3) is 3.82. The van der Waals surface area contributed by atoms with Crippen molar-refractivity contribution < 1.29 is 4.79 Å². The molecule has 1 aliphatic carbocycles. The van der Waals surface area contributed by atoms with Crippen LogP contribution in [0.1, 0.15) is 37.1 Å². The second kappa shape index (κ2) is 6.17. The van der Waals surface area contributed by atoms with Crippen LogP contribution in [-0.2, 0) is 4.79 Å². The number of nitrogens with one attached hydrogen (secondary N) is 2. The molecule has 0 radical (unpaired) electrons. The van der Waals surface area contributed by atoms with E-state index in [-0.39, 0.29) is 5.91 Å². The highest BCUT2D eigenvalue weighted by Gasteiger charge is 2.32. The van der Waals surface area contributed by atoms with E-state index in [0.29, 0.717) is 12.5 Å². The van der Waals surface area contributed by atoms with Crippen molar-refractivity contribution in [3.63, 3.8) is 0 Å². The average molecular weight is 252 g/mol. The molecule has 1 atom stereocenters. The molecule has 0 aromatic carbocycles. The summed E-state index contributed by atoms with van der Waals surface area (Å²) in [4.78, 5) is 12.8. The van der Waals surface area contributed by atoms with E-state index in [4.69, 9.17) is 0 Å². The lowest BCUT2D eigenvalue weighted by molar-refractivity contribution is -0.120. The van der Waals surface area contributed by atoms with Gasteiger partial charge >= 0.3 is 0 Å². The van der Waals surface area contributed by atoms with Crippen LogP contribution in [0, 0.1) is 5.92 Å². The summed E-state index contributed by atoms with van der Waals surface area (Å²) >= 11 is 1.81. The van der Waals surface area contributed by atoms with Crippen molar-refractivity contribution in [2.75, 3.05) is 13.1 Å². The smallest absolute Gasteiger partial charge is 0.221 e. The average Bonchev–Trinajstić information content (AvgIpc) is 3.00. The first-order valence-corrected chi connectivity index (χ1v) is 7.22. The fourth-order valence-electron chi connectivity index (χ4n) is 2.02. The first-order valence-electron chi connectivity index (χ1n) is 6.34. The molecule has 2 rings (SSSR count). The van der Waals surface area contributed by atoms with Crippen molar-refractivity contribution in [3.05, 3.63) is 22.4 Å². The lowest BCUT2D eigenvalue weighted by Gasteiger charge is -2.16. The molecule has 4 heteroatoms. The van der Waals surface area contributed by atoms with Crippen molar-refractivity contribution in [2.45, 2.75) is 32.2 Å². The SMILES string of the molecule is CCNC(=O)CCNC(c1cccs1)C1CC1. The van der Waals surface area contributed by atoms with Crippen molar-refractivity contribution in [2.24, 2.45) is 5.92 Å². The Hall–Kier alpha value is -0.870. The van der Waals surface area contributed by atoms with Crippen LogP contribution in [0.5, 0.6) is 0 Å². The molecule has 0 aliphatic heterocycles. The van der Waals surface area contributed by atoms with Crippen LogP contribution in [0.4, 0.5) is 0 Å². The van der Waals surface area contributed by atoms with Gasteiger partial charge < -0.3 is 10.6 Å². The number of rotatable bonds is 7. The minimum absolute atomic E-state index is 0.140. The highest BCUT2D eigenvalue weighted by atomic mass is 32.1. The summed E-state index contributed by atoms with van der Waals surface area (Å²) in [5, 5.41) is 8.47. The van der Waals surface area contributed by atoms with Gasteiger partial charge in [0.25, 0.3) is 0 Å². The molecule has 1 heterocycles. The summed E-state index contributed by atoms with van der Waals surface area (Å²) in [6.07, 6.45) is 3.20. The van der Waals surface area contributed by atoms with Gasteiger partial charge in [0, 0.05) is 30.4 Å². The number of hydrogen-bond acceptors (Lipinski definition) is 3. The van der Waals surface area contributed by atoms with Crippen LogP contribution in [-0.4, -0.2) is 19.0 Å². The van der Waals surface area contributed by atoms with Gasteiger partial charge in [-0.05, 0) is 37.1 Å². The monoisotopic (exact) mass is 252 g/mol. The van der Waals surface area contributed by atoms with Crippen LogP contribution >= 0.6 is 11.3 Å². The quantitative estimate of drug-likeness (QED) is 0.782. The first-order chi connectivity index (χ1) is 8.31. The predicted molar refractivity (Wildman–Crippen MR) is 71.1 cm³/mol. The van der Waals surface area contributed by atoms with Gasteiger partial charge in [-0.1, -0.05) is 6.07 Å². The zero-order valence-electron chi connectivity index (χ0n) is 10.2. The lowest BCUT2D eigenvalue weighted by Crippen LogP contribution is -2.29. The summed E-state index contributed by atoms with van der Waals surface area (Å²) < 4.78 is 0. The molecule has 94 valence electrons. The summed E-state index contributed by atoms with van der Waals surface area (Å²) in [6.45, 7) is 3.44. The topological polar surface area (TPSA) is 41.1 Å². The molecular weight excluding hydrogens is 232 g/mol. The van der Waals surface area contributed by atoms with Gasteiger partial charge in [-0.3, -0.25) is 4.79 Å². The molecule has 0 saturated heterocycles. The fraction of sp³-hybridized carbons (Fsp3) is 0.615. The Morgan fingerprint density at radius 2 is 2.41 bits per heavy atom. The van der Waals surface area contributed by atoms with Crippen molar-refractivity contribution in [1.82, 2.24) is 10.6 Å². The van der Waals surface area contributed by atoms with Crippen LogP contribution in [0.25, 0.3) is 0 Å². The summed E-state index contributed by atoms with van der Waals surface area (Å²) in [5.41, 5.74) is 0. The molecule has 3 nitrogen and oxygen atoms in total. The Morgan fingerprint density at radius 1 is 1.59 bits per heavy atom. The minimum atomic E-state index is 0.140. The highest BCUT2D eigenvalue weighted by molar-refractivity contribution is 7.10. The van der Waals surface area contributed by atoms with Gasteiger partial charge in [0.2, 0.25) is 5.91 Å². The maximum atomic E-state index is 11.3. The van der Waals surface area contributed by atoms with Crippen molar-refractivity contribution >= 4 is 17.2 Å². The summed E-state index contributed by atoms with van der Waals surface area (Å²) in [7, 11) is 0. The molecular formula is C13H20N2OS. The second-order valence-corrected chi connectivity index (χ2v) is 5.47. The Balaban J connectivity index is 1.77. The molecule has 17 heavy (non-hydrogen) atoms. The fourth-order valence-corrected chi connectivity index (χ4v) is 2.92. The van der Waals surface area contributed by atoms with E-state index in [1.54, 1.807) is 11.3 Å². The minimum Gasteiger partial charge on any atom is -0.356 e. The Bertz CT molecular complexity index is 346. The third-order valence-electron chi connectivity index (χ3n) is 3.03. The van der Waals surface area contributed by atoms with Gasteiger partial charge in [0.1, 0.15) is 0 Å². The predicted octanol–water partition coefficient (Wildman–Crippen LogP) is 2.32. The number of amides is 1. The summed E-state index contributed by atoms with van der Waals surface area (Å²) in [6, 6.07) is 4.75. The van der Waals surface area contributed by atoms with Crippen molar-refractivity contribution in [1.29, 1.82) is 0 Å². The van der Waals surface area contributed by atoms with Gasteiger partial charge in [-0.2, -0.15) is 0 Å². The molecule has 1 aromatic heterocycles. The summed E-state index contributed by atoms with van der Waals surface area (Å²) in [5.74, 6) is 0.920. The van der Waals surface area contributed by atoms with E-state index >= 15 is 0 Å². The lowest BCUT2D eigenvalue weighted by atomic mass is 10.1. The van der Waals surface area contributed by atoms with E-state index in [0.717, 1.165) is 19.0 Å². The van der Waals surface area contributed by atoms with E-state index in [1.165, 1.54) is 17.7 Å². The normalized spacial score (nSPS) is 16.8. The van der Waals surface area contributed by atoms with Crippen LogP contribution < -0.4 is 10.6 Å². The van der Waals surface area contributed by atoms with E-state index in [1.807, 2.05) is 6.92 Å². The molecule has 1 aromatic rings. The Labute approximate surface area is 107 Å². The van der Waals surface area contributed by atoms with Crippen LogP contribution in [0.2, 0.25) is 0 Å². The number of carbonyl (C=O) groups excluding carboxylic acids is 1. The van der Waals surface area contributed by atoms with Gasteiger partial charge in [0.05, 0.1) is 0 Å². The molecule has 1 saturated carbocycles. The first kappa shape index (κ1) is 12.6. The van der Waals surface area contributed by atoms with Crippen molar-refractivity contribution in [3.8, 4) is 0 Å². The second-order valence-electron chi connectivity index (χ2n) is 4.49. The number of hydrogen-bond donors (Lipinski definition) is 2. The van der Waals surface area contributed by atoms with E-state index < -0.39 is 0 Å². The molecule has 0 bridgehead atoms. The van der Waals surface area contributed by atoms with Crippen LogP contribution in [0.15, 0.2) is 17.5 Å². The zero-order chi connectivity index (χ0) is 12.1. The van der Waals surface area contributed by atoms with E-state index in [2.05, 4.69) is 28.1 Å². The molecule has 1 unspecified atom stereocenters. The van der Waals surface area contributed by atoms with E-state index in [9.17, 15) is 4.79 Å². The Kier molecular flexibility index (Phi) is 4.57. The molecule has 2 N–H and O–H groups in total. The van der Waals surface area contributed by atoms with Gasteiger partial charge in [-0.25, -0.2) is 0 Å². The number of thiophene rings is 1. The zero-order valence-corrected chi connectivity index (χ0v) is 11.1. The molecule has 1 aliphatic rings. The molecule has 0 spiro atoms. The molecule has 1 amide bonds. The highest BCUT2D eigenvalue weighted by Crippen LogP contribution is 2.42. The molecule has 1 fully saturated rings. The van der Waals surface area contributed by atoms with Gasteiger partial charge in [0.15, 0.2) is 0 Å². The Morgan fingerprint density at radius 3 is 3.00 bits per heavy atom. The number of carbonyl (C=O) groups is 1. The van der Waals surface area contributed by atoms with Gasteiger partial charge in [-0.15, -0.1) is 11.3 Å². The maximum absolute atomic E-state index is 11.3. The standard InChI is InChI=1S/C13H20N2OS/c1-2-14-12(16)7-8-15-13(10-5-6-10)11-4-3-9-17-11/h3-4,9-10,13,15H,2,5-8H2,1H3,(H,14,16). The third-order valence-corrected chi connectivity index (χ3v) is 3.99.